The minimum absolute atomic E-state index is 0.116. The van der Waals surface area contributed by atoms with Gasteiger partial charge in [0.2, 0.25) is 0 Å². The number of carbonyl (C=O) groups excluding carboxylic acids is 1. The molecule has 0 bridgehead atoms. The van der Waals surface area contributed by atoms with E-state index in [9.17, 15) is 9.18 Å². The topological polar surface area (TPSA) is 74.3 Å². The number of rotatable bonds is 7. The van der Waals surface area contributed by atoms with Gasteiger partial charge in [0.15, 0.2) is 0 Å². The molecule has 0 radical (unpaired) electrons. The Morgan fingerprint density at radius 1 is 1.25 bits per heavy atom. The first-order valence-electron chi connectivity index (χ1n) is 12.1. The number of pyridine rings is 1. The van der Waals surface area contributed by atoms with Crippen LogP contribution in [0.25, 0.3) is 22.0 Å². The van der Waals surface area contributed by atoms with Crippen LogP contribution < -0.4 is 4.74 Å². The van der Waals surface area contributed by atoms with E-state index in [-0.39, 0.29) is 23.7 Å². The van der Waals surface area contributed by atoms with E-state index in [1.165, 1.54) is 12.1 Å². The third-order valence-corrected chi connectivity index (χ3v) is 6.97. The van der Waals surface area contributed by atoms with Crippen LogP contribution in [-0.2, 0) is 0 Å². The van der Waals surface area contributed by atoms with Gasteiger partial charge in [-0.2, -0.15) is 5.10 Å². The highest BCUT2D eigenvalue weighted by molar-refractivity contribution is 5.96. The molecule has 186 valence electrons. The summed E-state index contributed by atoms with van der Waals surface area (Å²) in [5, 5.41) is 8.32. The van der Waals surface area contributed by atoms with Crippen LogP contribution in [0.3, 0.4) is 0 Å². The highest BCUT2D eigenvalue weighted by Crippen LogP contribution is 2.38. The van der Waals surface area contributed by atoms with Crippen molar-refractivity contribution in [1.82, 2.24) is 25.0 Å². The van der Waals surface area contributed by atoms with Crippen molar-refractivity contribution < 1.29 is 13.9 Å². The molecule has 0 aliphatic carbocycles. The van der Waals surface area contributed by atoms with Crippen LogP contribution in [0.2, 0.25) is 0 Å². The number of halogens is 1. The van der Waals surface area contributed by atoms with Crippen LogP contribution in [0.5, 0.6) is 5.75 Å². The number of H-pyrrole nitrogens is 1. The molecule has 1 N–H and O–H groups in total. The minimum atomic E-state index is -0.319. The number of nitrogens with one attached hydrogen (secondary N) is 1. The van der Waals surface area contributed by atoms with Crippen LogP contribution in [0, 0.1) is 18.7 Å². The molecular formula is C28H30FN5O2. The lowest BCUT2D eigenvalue weighted by atomic mass is 9.85. The zero-order valence-electron chi connectivity index (χ0n) is 21.0. The fourth-order valence-corrected chi connectivity index (χ4v) is 5.19. The molecule has 3 heterocycles. The van der Waals surface area contributed by atoms with Crippen LogP contribution in [0.4, 0.5) is 4.39 Å². The molecule has 36 heavy (non-hydrogen) atoms. The summed E-state index contributed by atoms with van der Waals surface area (Å²) in [6, 6.07) is 11.6. The van der Waals surface area contributed by atoms with Crippen LogP contribution >= 0.6 is 0 Å². The lowest BCUT2D eigenvalue weighted by Crippen LogP contribution is -2.51. The molecule has 1 saturated heterocycles. The normalized spacial score (nSPS) is 15.0. The minimum Gasteiger partial charge on any atom is -0.493 e. The summed E-state index contributed by atoms with van der Waals surface area (Å²) >= 11 is 0. The Hall–Kier alpha value is -3.78. The molecule has 5 rings (SSSR count). The van der Waals surface area contributed by atoms with E-state index in [1.807, 2.05) is 39.2 Å². The first-order chi connectivity index (χ1) is 17.4. The number of likely N-dealkylation sites (tertiary alicyclic amines) is 1. The Labute approximate surface area is 209 Å². The van der Waals surface area contributed by atoms with Gasteiger partial charge in [0.25, 0.3) is 5.91 Å². The van der Waals surface area contributed by atoms with Crippen LogP contribution in [0.15, 0.2) is 54.9 Å². The van der Waals surface area contributed by atoms with Crippen molar-refractivity contribution in [2.24, 2.45) is 5.92 Å². The second-order valence-electron chi connectivity index (χ2n) is 9.45. The van der Waals surface area contributed by atoms with E-state index in [4.69, 9.17) is 4.74 Å². The summed E-state index contributed by atoms with van der Waals surface area (Å²) in [6.07, 6.45) is 3.65. The number of hydrogen-bond acceptors (Lipinski definition) is 5. The van der Waals surface area contributed by atoms with Crippen molar-refractivity contribution >= 4 is 16.8 Å². The first kappa shape index (κ1) is 23.9. The highest BCUT2D eigenvalue weighted by Gasteiger charge is 2.38. The Morgan fingerprint density at radius 2 is 2.06 bits per heavy atom. The average Bonchev–Trinajstić information content (AvgIpc) is 3.35. The van der Waals surface area contributed by atoms with Gasteiger partial charge < -0.3 is 14.5 Å². The third kappa shape index (κ3) is 4.33. The second-order valence-corrected chi connectivity index (χ2v) is 9.45. The Balaban J connectivity index is 1.52. The molecule has 1 fully saturated rings. The standard InChI is InChI=1S/C28H30FN5O2/c1-5-36-25-12-19(9-10-22(25)18-7-6-8-21(29)11-18)28(35)34(4)27(20-15-33(3)16-20)24-13-30-17(2)23-14-31-32-26(23)24/h6-14,20,27H,5,15-16H2,1-4H3,(H,31,32)/t27-/m0/s1. The summed E-state index contributed by atoms with van der Waals surface area (Å²) < 4.78 is 19.7. The smallest absolute Gasteiger partial charge is 0.254 e. The summed E-state index contributed by atoms with van der Waals surface area (Å²) in [6.45, 7) is 6.04. The summed E-state index contributed by atoms with van der Waals surface area (Å²) in [5.74, 6) is 0.377. The maximum absolute atomic E-state index is 13.9. The molecule has 1 aliphatic rings. The van der Waals surface area contributed by atoms with Gasteiger partial charge >= 0.3 is 0 Å². The number of benzene rings is 2. The number of ether oxygens (including phenoxy) is 1. The number of carbonyl (C=O) groups is 1. The molecule has 1 aliphatic heterocycles. The van der Waals surface area contributed by atoms with Crippen molar-refractivity contribution in [3.63, 3.8) is 0 Å². The van der Waals surface area contributed by atoms with E-state index in [0.717, 1.165) is 40.8 Å². The monoisotopic (exact) mass is 487 g/mol. The van der Waals surface area contributed by atoms with E-state index in [2.05, 4.69) is 27.1 Å². The highest BCUT2D eigenvalue weighted by atomic mass is 19.1. The van der Waals surface area contributed by atoms with Gasteiger partial charge in [0.1, 0.15) is 11.6 Å². The molecule has 0 saturated carbocycles. The SMILES string of the molecule is CCOc1cc(C(=O)N(C)[C@H](c2cnc(C)c3cn[nH]c23)C2CN(C)C2)ccc1-c1cccc(F)c1. The lowest BCUT2D eigenvalue weighted by molar-refractivity contribution is 0.0373. The fraction of sp³-hybridized carbons (Fsp3) is 0.321. The average molecular weight is 488 g/mol. The van der Waals surface area contributed by atoms with Crippen LogP contribution in [0.1, 0.15) is 34.6 Å². The van der Waals surface area contributed by atoms with Crippen molar-refractivity contribution in [2.75, 3.05) is 33.8 Å². The predicted octanol–water partition coefficient (Wildman–Crippen LogP) is 4.85. The molecule has 4 aromatic rings. The van der Waals surface area contributed by atoms with Gasteiger partial charge in [-0.3, -0.25) is 14.9 Å². The quantitative estimate of drug-likeness (QED) is 0.404. The zero-order chi connectivity index (χ0) is 25.4. The first-order valence-corrected chi connectivity index (χ1v) is 12.1. The van der Waals surface area contributed by atoms with E-state index in [1.54, 1.807) is 29.3 Å². The number of aromatic amines is 1. The van der Waals surface area contributed by atoms with Gasteiger partial charge in [0.05, 0.1) is 24.4 Å². The van der Waals surface area contributed by atoms with Gasteiger partial charge in [0, 0.05) is 60.0 Å². The number of amides is 1. The van der Waals surface area contributed by atoms with Crippen molar-refractivity contribution in [1.29, 1.82) is 0 Å². The number of aromatic nitrogens is 3. The van der Waals surface area contributed by atoms with Gasteiger partial charge in [-0.25, -0.2) is 4.39 Å². The fourth-order valence-electron chi connectivity index (χ4n) is 5.19. The molecule has 1 atom stereocenters. The summed E-state index contributed by atoms with van der Waals surface area (Å²) in [7, 11) is 3.92. The predicted molar refractivity (Wildman–Crippen MR) is 137 cm³/mol. The molecule has 2 aromatic heterocycles. The zero-order valence-corrected chi connectivity index (χ0v) is 21.0. The Kier molecular flexibility index (Phi) is 6.45. The van der Waals surface area contributed by atoms with Gasteiger partial charge in [-0.15, -0.1) is 0 Å². The second kappa shape index (κ2) is 9.70. The van der Waals surface area contributed by atoms with E-state index in [0.29, 0.717) is 23.5 Å². The molecule has 0 spiro atoms. The van der Waals surface area contributed by atoms with Crippen molar-refractivity contribution in [2.45, 2.75) is 19.9 Å². The summed E-state index contributed by atoms with van der Waals surface area (Å²) in [5.41, 5.74) is 4.74. The largest absolute Gasteiger partial charge is 0.493 e. The number of hydrogen-bond donors (Lipinski definition) is 1. The maximum atomic E-state index is 13.9. The lowest BCUT2D eigenvalue weighted by Gasteiger charge is -2.44. The number of aryl methyl sites for hydroxylation is 1. The summed E-state index contributed by atoms with van der Waals surface area (Å²) in [4.78, 5) is 22.5. The molecule has 0 unspecified atom stereocenters. The van der Waals surface area contributed by atoms with Crippen molar-refractivity contribution in [3.8, 4) is 16.9 Å². The molecular weight excluding hydrogens is 457 g/mol. The Bertz CT molecular complexity index is 1410. The maximum Gasteiger partial charge on any atom is 0.254 e. The van der Waals surface area contributed by atoms with E-state index < -0.39 is 0 Å². The molecule has 2 aromatic carbocycles. The van der Waals surface area contributed by atoms with Crippen LogP contribution in [-0.4, -0.2) is 64.7 Å². The number of fused-ring (bicyclic) bond motifs is 1. The van der Waals surface area contributed by atoms with Gasteiger partial charge in [-0.1, -0.05) is 12.1 Å². The number of nitrogens with zero attached hydrogens (tertiary/aromatic N) is 4. The van der Waals surface area contributed by atoms with E-state index >= 15 is 0 Å². The molecule has 1 amide bonds. The Morgan fingerprint density at radius 3 is 2.78 bits per heavy atom. The molecule has 8 heteroatoms. The molecule has 7 nitrogen and oxygen atoms in total. The van der Waals surface area contributed by atoms with Gasteiger partial charge in [-0.05, 0) is 56.8 Å². The third-order valence-electron chi connectivity index (χ3n) is 6.97. The van der Waals surface area contributed by atoms with Crippen molar-refractivity contribution in [3.05, 3.63) is 77.5 Å².